The highest BCUT2D eigenvalue weighted by molar-refractivity contribution is 5.74. The zero-order chi connectivity index (χ0) is 16.7. The number of amides is 2. The molecule has 1 aromatic carbocycles. The first-order chi connectivity index (χ1) is 10.4. The van der Waals surface area contributed by atoms with Gasteiger partial charge in [-0.1, -0.05) is 31.2 Å². The Balaban J connectivity index is 2.70. The van der Waals surface area contributed by atoms with E-state index in [4.69, 9.17) is 5.11 Å². The van der Waals surface area contributed by atoms with Gasteiger partial charge in [0, 0.05) is 13.6 Å². The van der Waals surface area contributed by atoms with Gasteiger partial charge in [0.15, 0.2) is 0 Å². The lowest BCUT2D eigenvalue weighted by Crippen LogP contribution is -2.46. The maximum Gasteiger partial charge on any atom is 0.317 e. The van der Waals surface area contributed by atoms with Gasteiger partial charge in [0.25, 0.3) is 0 Å². The lowest BCUT2D eigenvalue weighted by Gasteiger charge is -2.28. The summed E-state index contributed by atoms with van der Waals surface area (Å²) in [6, 6.07) is 8.26. The molecule has 2 N–H and O–H groups in total. The highest BCUT2D eigenvalue weighted by atomic mass is 16.3. The molecular formula is C17H29N3O2. The fourth-order valence-corrected chi connectivity index (χ4v) is 2.21. The number of aliphatic hydroxyl groups is 1. The van der Waals surface area contributed by atoms with E-state index in [9.17, 15) is 4.79 Å². The maximum absolute atomic E-state index is 12.1. The SMILES string of the molecule is CCc1ccc(C(CNC(=O)N(C)C(C)CO)N(C)C)cc1. The van der Waals surface area contributed by atoms with Crippen LogP contribution in [-0.2, 0) is 6.42 Å². The molecule has 22 heavy (non-hydrogen) atoms. The number of carbonyl (C=O) groups excluding carboxylic acids is 1. The van der Waals surface area contributed by atoms with E-state index in [1.54, 1.807) is 7.05 Å². The van der Waals surface area contributed by atoms with Gasteiger partial charge >= 0.3 is 6.03 Å². The van der Waals surface area contributed by atoms with Gasteiger partial charge in [-0.25, -0.2) is 4.79 Å². The van der Waals surface area contributed by atoms with E-state index in [1.807, 2.05) is 21.0 Å². The van der Waals surface area contributed by atoms with Crippen LogP contribution < -0.4 is 5.32 Å². The van der Waals surface area contributed by atoms with Crippen LogP contribution in [0, 0.1) is 0 Å². The Kier molecular flexibility index (Phi) is 7.35. The van der Waals surface area contributed by atoms with Crippen LogP contribution in [0.25, 0.3) is 0 Å². The first-order valence-corrected chi connectivity index (χ1v) is 7.77. The molecule has 2 amide bonds. The number of aliphatic hydroxyl groups excluding tert-OH is 1. The minimum Gasteiger partial charge on any atom is -0.394 e. The van der Waals surface area contributed by atoms with E-state index < -0.39 is 0 Å². The summed E-state index contributed by atoms with van der Waals surface area (Å²) in [6.07, 6.45) is 1.02. The Morgan fingerprint density at radius 2 is 1.82 bits per heavy atom. The first kappa shape index (κ1) is 18.5. The number of nitrogens with zero attached hydrogens (tertiary/aromatic N) is 2. The standard InChI is InChI=1S/C17H29N3O2/c1-6-14-7-9-15(10-8-14)16(19(3)4)11-18-17(22)20(5)13(2)12-21/h7-10,13,16,21H,6,11-12H2,1-5H3,(H,18,22). The monoisotopic (exact) mass is 307 g/mol. The second-order valence-corrected chi connectivity index (χ2v) is 5.90. The molecule has 0 spiro atoms. The second-order valence-electron chi connectivity index (χ2n) is 5.90. The smallest absolute Gasteiger partial charge is 0.317 e. The summed E-state index contributed by atoms with van der Waals surface area (Å²) in [7, 11) is 5.70. The summed E-state index contributed by atoms with van der Waals surface area (Å²) < 4.78 is 0. The van der Waals surface area contributed by atoms with Gasteiger partial charge in [-0.05, 0) is 38.6 Å². The topological polar surface area (TPSA) is 55.8 Å². The molecule has 1 rings (SSSR count). The van der Waals surface area contributed by atoms with Crippen LogP contribution in [0.2, 0.25) is 0 Å². The molecule has 0 aliphatic heterocycles. The van der Waals surface area contributed by atoms with Crippen molar-refractivity contribution in [2.45, 2.75) is 32.4 Å². The average Bonchev–Trinajstić information content (AvgIpc) is 2.53. The number of nitrogens with one attached hydrogen (secondary N) is 1. The van der Waals surface area contributed by atoms with Crippen molar-refractivity contribution in [2.75, 3.05) is 34.3 Å². The molecule has 5 heteroatoms. The Bertz CT molecular complexity index is 459. The van der Waals surface area contributed by atoms with Crippen molar-refractivity contribution < 1.29 is 9.90 Å². The third kappa shape index (κ3) is 5.00. The molecule has 0 aliphatic rings. The molecule has 0 radical (unpaired) electrons. The third-order valence-electron chi connectivity index (χ3n) is 4.09. The summed E-state index contributed by atoms with van der Waals surface area (Å²) >= 11 is 0. The van der Waals surface area contributed by atoms with Gasteiger partial charge in [0.1, 0.15) is 0 Å². The fraction of sp³-hybridized carbons (Fsp3) is 0.588. The predicted molar refractivity (Wildman–Crippen MR) is 90.0 cm³/mol. The van der Waals surface area contributed by atoms with Crippen molar-refractivity contribution in [3.8, 4) is 0 Å². The van der Waals surface area contributed by atoms with Gasteiger partial charge in [-0.15, -0.1) is 0 Å². The zero-order valence-corrected chi connectivity index (χ0v) is 14.3. The molecule has 0 aliphatic carbocycles. The lowest BCUT2D eigenvalue weighted by molar-refractivity contribution is 0.155. The van der Waals surface area contributed by atoms with Crippen LogP contribution in [0.4, 0.5) is 4.79 Å². The molecule has 0 bridgehead atoms. The number of likely N-dealkylation sites (N-methyl/N-ethyl adjacent to an activating group) is 2. The summed E-state index contributed by atoms with van der Waals surface area (Å²) in [5.74, 6) is 0. The number of benzene rings is 1. The van der Waals surface area contributed by atoms with Crippen molar-refractivity contribution in [1.82, 2.24) is 15.1 Å². The Labute approximate surface area is 133 Å². The molecule has 0 saturated carbocycles. The molecule has 5 nitrogen and oxygen atoms in total. The molecule has 2 unspecified atom stereocenters. The van der Waals surface area contributed by atoms with Crippen LogP contribution in [-0.4, -0.2) is 61.3 Å². The van der Waals surface area contributed by atoms with Crippen LogP contribution in [0.1, 0.15) is 31.0 Å². The lowest BCUT2D eigenvalue weighted by atomic mass is 10.0. The molecule has 124 valence electrons. The van der Waals surface area contributed by atoms with Gasteiger partial charge in [0.05, 0.1) is 18.7 Å². The van der Waals surface area contributed by atoms with Crippen LogP contribution in [0.3, 0.4) is 0 Å². The van der Waals surface area contributed by atoms with Crippen molar-refractivity contribution in [3.63, 3.8) is 0 Å². The molecule has 0 aromatic heterocycles. The number of urea groups is 1. The van der Waals surface area contributed by atoms with E-state index >= 15 is 0 Å². The predicted octanol–water partition coefficient (Wildman–Crippen LogP) is 1.87. The largest absolute Gasteiger partial charge is 0.394 e. The first-order valence-electron chi connectivity index (χ1n) is 7.77. The van der Waals surface area contributed by atoms with Crippen molar-refractivity contribution >= 4 is 6.03 Å². The minimum atomic E-state index is -0.193. The third-order valence-corrected chi connectivity index (χ3v) is 4.09. The van der Waals surface area contributed by atoms with Crippen molar-refractivity contribution in [2.24, 2.45) is 0 Å². The highest BCUT2D eigenvalue weighted by Gasteiger charge is 2.18. The fourth-order valence-electron chi connectivity index (χ4n) is 2.21. The number of hydrogen-bond acceptors (Lipinski definition) is 3. The summed E-state index contributed by atoms with van der Waals surface area (Å²) in [6.45, 7) is 4.43. The van der Waals surface area contributed by atoms with Crippen LogP contribution in [0.15, 0.2) is 24.3 Å². The van der Waals surface area contributed by atoms with E-state index in [-0.39, 0.29) is 24.7 Å². The van der Waals surface area contributed by atoms with E-state index in [2.05, 4.69) is 41.4 Å². The number of rotatable bonds is 7. The summed E-state index contributed by atoms with van der Waals surface area (Å²) in [5.41, 5.74) is 2.49. The molecular weight excluding hydrogens is 278 g/mol. The average molecular weight is 307 g/mol. The van der Waals surface area contributed by atoms with Gasteiger partial charge in [0.2, 0.25) is 0 Å². The van der Waals surface area contributed by atoms with Crippen molar-refractivity contribution in [1.29, 1.82) is 0 Å². The quantitative estimate of drug-likeness (QED) is 0.808. The Morgan fingerprint density at radius 3 is 2.27 bits per heavy atom. The molecule has 0 fully saturated rings. The van der Waals surface area contributed by atoms with E-state index in [0.717, 1.165) is 6.42 Å². The van der Waals surface area contributed by atoms with Crippen LogP contribution >= 0.6 is 0 Å². The molecule has 0 saturated heterocycles. The molecule has 2 atom stereocenters. The number of hydrogen-bond donors (Lipinski definition) is 2. The number of carbonyl (C=O) groups is 1. The van der Waals surface area contributed by atoms with Gasteiger partial charge < -0.3 is 20.2 Å². The van der Waals surface area contributed by atoms with Gasteiger partial charge in [-0.3, -0.25) is 0 Å². The van der Waals surface area contributed by atoms with Crippen LogP contribution in [0.5, 0.6) is 0 Å². The summed E-state index contributed by atoms with van der Waals surface area (Å²) in [4.78, 5) is 15.7. The Hall–Kier alpha value is -1.59. The van der Waals surface area contributed by atoms with Gasteiger partial charge in [-0.2, -0.15) is 0 Å². The highest BCUT2D eigenvalue weighted by Crippen LogP contribution is 2.18. The second kappa shape index (κ2) is 8.76. The van der Waals surface area contributed by atoms with E-state index in [0.29, 0.717) is 6.54 Å². The number of aryl methyl sites for hydroxylation is 1. The maximum atomic E-state index is 12.1. The van der Waals surface area contributed by atoms with E-state index in [1.165, 1.54) is 16.0 Å². The minimum absolute atomic E-state index is 0.0422. The van der Waals surface area contributed by atoms with Crippen molar-refractivity contribution in [3.05, 3.63) is 35.4 Å². The Morgan fingerprint density at radius 1 is 1.23 bits per heavy atom. The molecule has 1 aromatic rings. The molecule has 0 heterocycles. The summed E-state index contributed by atoms with van der Waals surface area (Å²) in [5, 5.41) is 12.1. The normalized spacial score (nSPS) is 13.8. The zero-order valence-electron chi connectivity index (χ0n) is 14.3.